The third kappa shape index (κ3) is 3.54. The van der Waals surface area contributed by atoms with E-state index in [9.17, 15) is 5.11 Å². The van der Waals surface area contributed by atoms with E-state index < -0.39 is 6.10 Å². The minimum atomic E-state index is -0.436. The summed E-state index contributed by atoms with van der Waals surface area (Å²) in [5.74, 6) is 1.33. The first-order chi connectivity index (χ1) is 11.3. The van der Waals surface area contributed by atoms with Crippen LogP contribution in [0.25, 0.3) is 5.69 Å². The third-order valence-electron chi connectivity index (χ3n) is 3.55. The fraction of sp³-hybridized carbons (Fsp3) is 0.235. The first-order valence-electron chi connectivity index (χ1n) is 7.51. The van der Waals surface area contributed by atoms with Crippen LogP contribution in [0.2, 0.25) is 0 Å². The maximum atomic E-state index is 9.79. The molecule has 0 bridgehead atoms. The molecule has 1 unspecified atom stereocenters. The van der Waals surface area contributed by atoms with Crippen LogP contribution in [0.3, 0.4) is 0 Å². The van der Waals surface area contributed by atoms with Crippen molar-refractivity contribution < 1.29 is 9.84 Å². The van der Waals surface area contributed by atoms with Gasteiger partial charge in [-0.2, -0.15) is 4.68 Å². The molecule has 0 aliphatic carbocycles. The van der Waals surface area contributed by atoms with Crippen LogP contribution in [0, 0.1) is 0 Å². The molecule has 0 fully saturated rings. The van der Waals surface area contributed by atoms with E-state index in [1.54, 1.807) is 4.68 Å². The van der Waals surface area contributed by atoms with Crippen molar-refractivity contribution in [2.45, 2.75) is 26.1 Å². The standard InChI is InChI=1S/C17H18N4O2/c1-2-16(22)13-8-10-15(11-9-13)23-12-17-18-19-20-21(17)14-6-4-3-5-7-14/h3-11,16,22H,2,12H2,1H3. The molecule has 1 heterocycles. The van der Waals surface area contributed by atoms with Crippen molar-refractivity contribution in [3.63, 3.8) is 0 Å². The summed E-state index contributed by atoms with van der Waals surface area (Å²) in [6, 6.07) is 17.1. The molecule has 1 aromatic heterocycles. The second-order valence-electron chi connectivity index (χ2n) is 5.12. The summed E-state index contributed by atoms with van der Waals surface area (Å²) < 4.78 is 7.38. The number of hydrogen-bond acceptors (Lipinski definition) is 5. The molecule has 118 valence electrons. The van der Waals surface area contributed by atoms with Crippen molar-refractivity contribution in [3.05, 3.63) is 66.0 Å². The lowest BCUT2D eigenvalue weighted by Crippen LogP contribution is -2.06. The van der Waals surface area contributed by atoms with E-state index in [1.807, 2.05) is 61.5 Å². The molecule has 1 atom stereocenters. The molecule has 3 rings (SSSR count). The van der Waals surface area contributed by atoms with Crippen LogP contribution in [0.1, 0.15) is 30.8 Å². The van der Waals surface area contributed by atoms with Crippen LogP contribution in [0.5, 0.6) is 5.75 Å². The van der Waals surface area contributed by atoms with Gasteiger partial charge in [0.05, 0.1) is 11.8 Å². The Labute approximate surface area is 134 Å². The van der Waals surface area contributed by atoms with Gasteiger partial charge < -0.3 is 9.84 Å². The number of aliphatic hydroxyl groups is 1. The van der Waals surface area contributed by atoms with Crippen LogP contribution in [-0.2, 0) is 6.61 Å². The average Bonchev–Trinajstić information content (AvgIpc) is 3.09. The summed E-state index contributed by atoms with van der Waals surface area (Å²) >= 11 is 0. The molecule has 0 aliphatic heterocycles. The number of nitrogens with zero attached hydrogens (tertiary/aromatic N) is 4. The Bertz CT molecular complexity index is 741. The number of hydrogen-bond donors (Lipinski definition) is 1. The summed E-state index contributed by atoms with van der Waals surface area (Å²) in [5, 5.41) is 21.5. The van der Waals surface area contributed by atoms with Gasteiger partial charge in [0.1, 0.15) is 12.4 Å². The normalized spacial score (nSPS) is 12.1. The summed E-state index contributed by atoms with van der Waals surface area (Å²) in [4.78, 5) is 0. The fourth-order valence-electron chi connectivity index (χ4n) is 2.24. The number of aliphatic hydroxyl groups excluding tert-OH is 1. The number of para-hydroxylation sites is 1. The van der Waals surface area contributed by atoms with Gasteiger partial charge in [0.25, 0.3) is 0 Å². The maximum Gasteiger partial charge on any atom is 0.194 e. The molecule has 6 nitrogen and oxygen atoms in total. The highest BCUT2D eigenvalue weighted by Gasteiger charge is 2.09. The number of aromatic nitrogens is 4. The summed E-state index contributed by atoms with van der Waals surface area (Å²) in [6.07, 6.45) is 0.251. The van der Waals surface area contributed by atoms with E-state index in [4.69, 9.17) is 4.74 Å². The lowest BCUT2D eigenvalue weighted by atomic mass is 10.1. The van der Waals surface area contributed by atoms with Crippen molar-refractivity contribution in [2.24, 2.45) is 0 Å². The van der Waals surface area contributed by atoms with Gasteiger partial charge in [0, 0.05) is 0 Å². The highest BCUT2D eigenvalue weighted by molar-refractivity contribution is 5.31. The van der Waals surface area contributed by atoms with Crippen LogP contribution in [0.15, 0.2) is 54.6 Å². The molecule has 0 amide bonds. The van der Waals surface area contributed by atoms with E-state index in [-0.39, 0.29) is 6.61 Å². The largest absolute Gasteiger partial charge is 0.486 e. The highest BCUT2D eigenvalue weighted by Crippen LogP contribution is 2.20. The molecule has 0 aliphatic rings. The summed E-state index contributed by atoms with van der Waals surface area (Å²) in [6.45, 7) is 2.20. The van der Waals surface area contributed by atoms with Gasteiger partial charge in [-0.25, -0.2) is 0 Å². The van der Waals surface area contributed by atoms with Crippen LogP contribution in [0.4, 0.5) is 0 Å². The van der Waals surface area contributed by atoms with Crippen molar-refractivity contribution in [3.8, 4) is 11.4 Å². The molecule has 0 saturated heterocycles. The lowest BCUT2D eigenvalue weighted by molar-refractivity contribution is 0.173. The van der Waals surface area contributed by atoms with E-state index in [0.29, 0.717) is 18.0 Å². The Morgan fingerprint density at radius 1 is 1.09 bits per heavy atom. The molecule has 23 heavy (non-hydrogen) atoms. The Morgan fingerprint density at radius 3 is 2.52 bits per heavy atom. The molecule has 1 N–H and O–H groups in total. The maximum absolute atomic E-state index is 9.79. The third-order valence-corrected chi connectivity index (χ3v) is 3.55. The van der Waals surface area contributed by atoms with Crippen molar-refractivity contribution in [1.82, 2.24) is 20.2 Å². The predicted octanol–water partition coefficient (Wildman–Crippen LogP) is 2.68. The van der Waals surface area contributed by atoms with Crippen LogP contribution < -0.4 is 4.74 Å². The molecule has 6 heteroatoms. The summed E-state index contributed by atoms with van der Waals surface area (Å²) in [7, 11) is 0. The Morgan fingerprint density at radius 2 is 1.83 bits per heavy atom. The highest BCUT2D eigenvalue weighted by atomic mass is 16.5. The van der Waals surface area contributed by atoms with Crippen molar-refractivity contribution in [2.75, 3.05) is 0 Å². The summed E-state index contributed by atoms with van der Waals surface area (Å²) in [5.41, 5.74) is 1.77. The van der Waals surface area contributed by atoms with Gasteiger partial charge in [-0.3, -0.25) is 0 Å². The van der Waals surface area contributed by atoms with Crippen LogP contribution >= 0.6 is 0 Å². The SMILES string of the molecule is CCC(O)c1ccc(OCc2nnnn2-c2ccccc2)cc1. The minimum absolute atomic E-state index is 0.261. The molecule has 0 radical (unpaired) electrons. The van der Waals surface area contributed by atoms with Crippen LogP contribution in [-0.4, -0.2) is 25.3 Å². The topological polar surface area (TPSA) is 73.1 Å². The molecule has 2 aromatic carbocycles. The van der Waals surface area contributed by atoms with Gasteiger partial charge in [-0.15, -0.1) is 5.10 Å². The van der Waals surface area contributed by atoms with E-state index in [0.717, 1.165) is 11.3 Å². The van der Waals surface area contributed by atoms with E-state index >= 15 is 0 Å². The minimum Gasteiger partial charge on any atom is -0.486 e. The fourth-order valence-corrected chi connectivity index (χ4v) is 2.24. The molecule has 0 spiro atoms. The number of rotatable bonds is 6. The number of benzene rings is 2. The zero-order chi connectivity index (χ0) is 16.1. The second-order valence-corrected chi connectivity index (χ2v) is 5.12. The quantitative estimate of drug-likeness (QED) is 0.758. The molecular weight excluding hydrogens is 292 g/mol. The number of ether oxygens (including phenoxy) is 1. The van der Waals surface area contributed by atoms with E-state index in [2.05, 4.69) is 15.5 Å². The Balaban J connectivity index is 1.69. The van der Waals surface area contributed by atoms with Gasteiger partial charge in [0.2, 0.25) is 0 Å². The lowest BCUT2D eigenvalue weighted by Gasteiger charge is -2.10. The Hall–Kier alpha value is -2.73. The first kappa shape index (κ1) is 15.2. The zero-order valence-corrected chi connectivity index (χ0v) is 12.8. The average molecular weight is 310 g/mol. The monoisotopic (exact) mass is 310 g/mol. The first-order valence-corrected chi connectivity index (χ1v) is 7.51. The smallest absolute Gasteiger partial charge is 0.194 e. The van der Waals surface area contributed by atoms with Gasteiger partial charge in [0.15, 0.2) is 5.82 Å². The zero-order valence-electron chi connectivity index (χ0n) is 12.8. The van der Waals surface area contributed by atoms with Crippen molar-refractivity contribution in [1.29, 1.82) is 0 Å². The van der Waals surface area contributed by atoms with Crippen molar-refractivity contribution >= 4 is 0 Å². The van der Waals surface area contributed by atoms with Gasteiger partial charge >= 0.3 is 0 Å². The van der Waals surface area contributed by atoms with Gasteiger partial charge in [-0.05, 0) is 46.7 Å². The van der Waals surface area contributed by atoms with Gasteiger partial charge in [-0.1, -0.05) is 37.3 Å². The second kappa shape index (κ2) is 7.02. The molecule has 0 saturated carbocycles. The predicted molar refractivity (Wildman–Crippen MR) is 85.2 cm³/mol. The molecule has 3 aromatic rings. The van der Waals surface area contributed by atoms with E-state index in [1.165, 1.54) is 0 Å². The Kier molecular flexibility index (Phi) is 4.63. The molecular formula is C17H18N4O2. The number of tetrazole rings is 1.